The summed E-state index contributed by atoms with van der Waals surface area (Å²) in [7, 11) is 0. The SMILES string of the molecule is O=C(OCC(Cl)(Cl)Cl)N1CCNC[C@@H]1Cc1ccc(-c2ccc(Cl)cc2)cc1. The number of amides is 1. The van der Waals surface area contributed by atoms with E-state index in [4.69, 9.17) is 51.1 Å². The Morgan fingerprint density at radius 3 is 2.29 bits per heavy atom. The van der Waals surface area contributed by atoms with Crippen LogP contribution in [-0.4, -0.2) is 47.1 Å². The van der Waals surface area contributed by atoms with Crippen LogP contribution in [0.4, 0.5) is 4.79 Å². The van der Waals surface area contributed by atoms with Crippen molar-refractivity contribution in [3.63, 3.8) is 0 Å². The van der Waals surface area contributed by atoms with E-state index in [2.05, 4.69) is 29.6 Å². The van der Waals surface area contributed by atoms with Gasteiger partial charge in [-0.3, -0.25) is 0 Å². The van der Waals surface area contributed by atoms with Crippen LogP contribution in [-0.2, 0) is 11.2 Å². The minimum absolute atomic E-state index is 0.0296. The first-order valence-corrected chi connectivity index (χ1v) is 10.4. The van der Waals surface area contributed by atoms with Gasteiger partial charge in [0.1, 0.15) is 6.61 Å². The maximum Gasteiger partial charge on any atom is 0.410 e. The molecule has 0 radical (unpaired) electrons. The van der Waals surface area contributed by atoms with Crippen LogP contribution in [0.3, 0.4) is 0 Å². The number of rotatable bonds is 4. The van der Waals surface area contributed by atoms with E-state index in [1.165, 1.54) is 0 Å². The summed E-state index contributed by atoms with van der Waals surface area (Å²) >= 11 is 23.0. The molecule has 1 N–H and O–H groups in total. The van der Waals surface area contributed by atoms with E-state index in [1.54, 1.807) is 4.90 Å². The van der Waals surface area contributed by atoms with Crippen molar-refractivity contribution in [2.75, 3.05) is 26.2 Å². The number of carbonyl (C=O) groups is 1. The van der Waals surface area contributed by atoms with Gasteiger partial charge >= 0.3 is 6.09 Å². The maximum atomic E-state index is 12.4. The molecule has 0 aliphatic carbocycles. The topological polar surface area (TPSA) is 41.6 Å². The minimum atomic E-state index is -1.61. The summed E-state index contributed by atoms with van der Waals surface area (Å²) in [6, 6.07) is 16.0. The lowest BCUT2D eigenvalue weighted by molar-refractivity contribution is 0.0787. The Morgan fingerprint density at radius 2 is 1.68 bits per heavy atom. The third kappa shape index (κ3) is 6.16. The predicted octanol–water partition coefficient (Wildman–Crippen LogP) is 5.33. The molecule has 3 rings (SSSR count). The fraction of sp³-hybridized carbons (Fsp3) is 0.350. The summed E-state index contributed by atoms with van der Waals surface area (Å²) in [6.07, 6.45) is 0.243. The lowest BCUT2D eigenvalue weighted by atomic mass is 9.99. The van der Waals surface area contributed by atoms with Gasteiger partial charge in [-0.1, -0.05) is 82.8 Å². The standard InChI is InChI=1S/C20H20Cl4N2O2/c21-17-7-5-16(6-8-17)15-3-1-14(2-4-15)11-18-12-25-9-10-26(18)19(27)28-13-20(22,23)24/h1-8,18,25H,9-13H2/t18-/m0/s1. The predicted molar refractivity (Wildman–Crippen MR) is 116 cm³/mol. The van der Waals surface area contributed by atoms with Crippen LogP contribution < -0.4 is 5.32 Å². The van der Waals surface area contributed by atoms with E-state index in [-0.39, 0.29) is 12.6 Å². The second-order valence-electron chi connectivity index (χ2n) is 6.63. The van der Waals surface area contributed by atoms with Gasteiger partial charge in [0.25, 0.3) is 0 Å². The first kappa shape index (κ1) is 21.5. The monoisotopic (exact) mass is 460 g/mol. The average Bonchev–Trinajstić information content (AvgIpc) is 2.67. The summed E-state index contributed by atoms with van der Waals surface area (Å²) in [6.45, 7) is 1.66. The van der Waals surface area contributed by atoms with Gasteiger partial charge in [0.05, 0.1) is 6.04 Å². The number of nitrogens with zero attached hydrogens (tertiary/aromatic N) is 1. The van der Waals surface area contributed by atoms with Gasteiger partial charge in [0, 0.05) is 24.7 Å². The molecule has 1 aliphatic rings. The Kier molecular flexibility index (Phi) is 7.35. The molecule has 0 aromatic heterocycles. The summed E-state index contributed by atoms with van der Waals surface area (Å²) in [4.78, 5) is 14.1. The summed E-state index contributed by atoms with van der Waals surface area (Å²) < 4.78 is 3.54. The number of hydrogen-bond acceptors (Lipinski definition) is 3. The summed E-state index contributed by atoms with van der Waals surface area (Å²) in [5, 5.41) is 4.03. The molecule has 0 unspecified atom stereocenters. The normalized spacial score (nSPS) is 17.4. The number of piperazine rings is 1. The van der Waals surface area contributed by atoms with Crippen LogP contribution in [0.2, 0.25) is 5.02 Å². The molecule has 1 atom stereocenters. The van der Waals surface area contributed by atoms with Crippen molar-refractivity contribution in [3.8, 4) is 11.1 Å². The average molecular weight is 462 g/mol. The van der Waals surface area contributed by atoms with E-state index < -0.39 is 9.89 Å². The molecule has 150 valence electrons. The number of benzene rings is 2. The molecule has 0 saturated carbocycles. The van der Waals surface area contributed by atoms with Crippen LogP contribution in [0.25, 0.3) is 11.1 Å². The van der Waals surface area contributed by atoms with Crippen LogP contribution in [0.5, 0.6) is 0 Å². The lowest BCUT2D eigenvalue weighted by Crippen LogP contribution is -2.54. The first-order chi connectivity index (χ1) is 13.3. The number of hydrogen-bond donors (Lipinski definition) is 1. The number of halogens is 4. The molecule has 8 heteroatoms. The Morgan fingerprint density at radius 1 is 1.07 bits per heavy atom. The molecule has 28 heavy (non-hydrogen) atoms. The molecule has 0 spiro atoms. The third-order valence-corrected chi connectivity index (χ3v) is 5.13. The number of alkyl halides is 3. The number of carbonyl (C=O) groups excluding carboxylic acids is 1. The van der Waals surface area contributed by atoms with Crippen molar-refractivity contribution in [2.24, 2.45) is 0 Å². The Hall–Kier alpha value is -1.17. The zero-order valence-corrected chi connectivity index (χ0v) is 18.0. The zero-order valence-electron chi connectivity index (χ0n) is 15.0. The Labute approximate surface area is 184 Å². The van der Waals surface area contributed by atoms with Gasteiger partial charge in [-0.25, -0.2) is 4.79 Å². The van der Waals surface area contributed by atoms with E-state index in [0.29, 0.717) is 31.1 Å². The van der Waals surface area contributed by atoms with Gasteiger partial charge in [0.15, 0.2) is 0 Å². The molecule has 0 bridgehead atoms. The number of nitrogens with one attached hydrogen (secondary N) is 1. The summed E-state index contributed by atoms with van der Waals surface area (Å²) in [5.74, 6) is 0. The lowest BCUT2D eigenvalue weighted by Gasteiger charge is -2.35. The molecule has 4 nitrogen and oxygen atoms in total. The molecule has 2 aromatic rings. The first-order valence-electron chi connectivity index (χ1n) is 8.87. The molecule has 1 heterocycles. The van der Waals surface area contributed by atoms with Crippen molar-refractivity contribution in [3.05, 3.63) is 59.1 Å². The van der Waals surface area contributed by atoms with E-state index in [1.807, 2.05) is 24.3 Å². The highest BCUT2D eigenvalue weighted by Gasteiger charge is 2.30. The quantitative estimate of drug-likeness (QED) is 0.625. The van der Waals surface area contributed by atoms with Crippen molar-refractivity contribution in [2.45, 2.75) is 16.3 Å². The largest absolute Gasteiger partial charge is 0.445 e. The highest BCUT2D eigenvalue weighted by atomic mass is 35.6. The van der Waals surface area contributed by atoms with Gasteiger partial charge in [-0.15, -0.1) is 0 Å². The van der Waals surface area contributed by atoms with Gasteiger partial charge in [-0.05, 0) is 35.2 Å². The molecular formula is C20H20Cl4N2O2. The molecule has 1 fully saturated rings. The fourth-order valence-corrected chi connectivity index (χ4v) is 3.45. The van der Waals surface area contributed by atoms with Crippen LogP contribution in [0.1, 0.15) is 5.56 Å². The number of ether oxygens (including phenoxy) is 1. The van der Waals surface area contributed by atoms with E-state index in [9.17, 15) is 4.79 Å². The van der Waals surface area contributed by atoms with Crippen LogP contribution >= 0.6 is 46.4 Å². The second kappa shape index (κ2) is 9.55. The molecule has 1 saturated heterocycles. The maximum absolute atomic E-state index is 12.4. The second-order valence-corrected chi connectivity index (χ2v) is 9.58. The Bertz CT molecular complexity index is 791. The molecule has 1 amide bonds. The van der Waals surface area contributed by atoms with Crippen molar-refractivity contribution in [1.82, 2.24) is 10.2 Å². The third-order valence-electron chi connectivity index (χ3n) is 4.55. The smallest absolute Gasteiger partial charge is 0.410 e. The molecule has 2 aromatic carbocycles. The zero-order chi connectivity index (χ0) is 20.1. The van der Waals surface area contributed by atoms with Gasteiger partial charge in [0.2, 0.25) is 3.79 Å². The van der Waals surface area contributed by atoms with Crippen LogP contribution in [0, 0.1) is 0 Å². The minimum Gasteiger partial charge on any atom is -0.445 e. The van der Waals surface area contributed by atoms with Crippen molar-refractivity contribution < 1.29 is 9.53 Å². The summed E-state index contributed by atoms with van der Waals surface area (Å²) in [5.41, 5.74) is 3.35. The van der Waals surface area contributed by atoms with Crippen molar-refractivity contribution >= 4 is 52.5 Å². The van der Waals surface area contributed by atoms with Crippen LogP contribution in [0.15, 0.2) is 48.5 Å². The van der Waals surface area contributed by atoms with E-state index in [0.717, 1.165) is 16.7 Å². The molecule has 1 aliphatic heterocycles. The highest BCUT2D eigenvalue weighted by molar-refractivity contribution is 6.67. The molecular weight excluding hydrogens is 442 g/mol. The van der Waals surface area contributed by atoms with Gasteiger partial charge < -0.3 is 15.0 Å². The Balaban J connectivity index is 1.65. The fourth-order valence-electron chi connectivity index (χ4n) is 3.16. The van der Waals surface area contributed by atoms with Crippen molar-refractivity contribution in [1.29, 1.82) is 0 Å². The van der Waals surface area contributed by atoms with Gasteiger partial charge in [-0.2, -0.15) is 0 Å². The highest BCUT2D eigenvalue weighted by Crippen LogP contribution is 2.27. The van der Waals surface area contributed by atoms with E-state index >= 15 is 0 Å².